The van der Waals surface area contributed by atoms with E-state index in [0.717, 1.165) is 6.42 Å². The lowest BCUT2D eigenvalue weighted by Gasteiger charge is -2.33. The molecule has 0 aromatic rings. The fourth-order valence-electron chi connectivity index (χ4n) is 3.25. The highest BCUT2D eigenvalue weighted by molar-refractivity contribution is 5.69. The van der Waals surface area contributed by atoms with Gasteiger partial charge >= 0.3 is 5.97 Å². The van der Waals surface area contributed by atoms with E-state index in [1.54, 1.807) is 0 Å². The number of unbranched alkanes of at least 4 members (excludes halogenated alkanes) is 4. The van der Waals surface area contributed by atoms with Gasteiger partial charge in [0.25, 0.3) is 0 Å². The molecule has 1 saturated carbocycles. The van der Waals surface area contributed by atoms with E-state index in [9.17, 15) is 4.79 Å². The Labute approximate surface area is 118 Å². The second-order valence-electron chi connectivity index (χ2n) is 6.06. The molecular weight excluding hydrogens is 238 g/mol. The summed E-state index contributed by atoms with van der Waals surface area (Å²) in [5.41, 5.74) is 0. The highest BCUT2D eigenvalue weighted by atomic mass is 16.4. The third-order valence-corrected chi connectivity index (χ3v) is 4.40. The Hall–Kier alpha value is -0.570. The van der Waals surface area contributed by atoms with Gasteiger partial charge in [-0.25, -0.2) is 0 Å². The van der Waals surface area contributed by atoms with Gasteiger partial charge in [-0.05, 0) is 26.2 Å². The summed E-state index contributed by atoms with van der Waals surface area (Å²) >= 11 is 0. The maximum Gasteiger partial charge on any atom is 0.317 e. The first-order chi connectivity index (χ1) is 9.15. The van der Waals surface area contributed by atoms with E-state index in [0.29, 0.717) is 12.1 Å². The maximum atomic E-state index is 11.0. The number of carboxylic acids is 1. The van der Waals surface area contributed by atoms with Crippen LogP contribution in [-0.2, 0) is 4.79 Å². The molecule has 1 atom stereocenters. The molecule has 1 aliphatic carbocycles. The van der Waals surface area contributed by atoms with Crippen molar-refractivity contribution in [3.8, 4) is 0 Å². The van der Waals surface area contributed by atoms with Crippen LogP contribution in [0.5, 0.6) is 0 Å². The lowest BCUT2D eigenvalue weighted by Crippen LogP contribution is -2.43. The first-order valence-corrected chi connectivity index (χ1v) is 8.12. The summed E-state index contributed by atoms with van der Waals surface area (Å²) in [5, 5.41) is 9.09. The molecule has 0 saturated heterocycles. The summed E-state index contributed by atoms with van der Waals surface area (Å²) in [5.74, 6) is -0.676. The van der Waals surface area contributed by atoms with Gasteiger partial charge in [-0.15, -0.1) is 0 Å². The lowest BCUT2D eigenvalue weighted by molar-refractivity contribution is -0.139. The van der Waals surface area contributed by atoms with Crippen molar-refractivity contribution in [2.24, 2.45) is 0 Å². The predicted molar refractivity (Wildman–Crippen MR) is 79.4 cm³/mol. The minimum atomic E-state index is -0.676. The normalized spacial score (nSPS) is 18.1. The smallest absolute Gasteiger partial charge is 0.317 e. The topological polar surface area (TPSA) is 40.5 Å². The average Bonchev–Trinajstić information content (AvgIpc) is 2.89. The zero-order chi connectivity index (χ0) is 14.1. The van der Waals surface area contributed by atoms with Gasteiger partial charge in [0.05, 0.1) is 6.54 Å². The Bertz CT molecular complexity index is 249. The highest BCUT2D eigenvalue weighted by Crippen LogP contribution is 2.26. The van der Waals surface area contributed by atoms with Crippen LogP contribution in [0.4, 0.5) is 0 Å². The van der Waals surface area contributed by atoms with Crippen LogP contribution >= 0.6 is 0 Å². The molecule has 3 heteroatoms. The number of aliphatic carboxylic acids is 1. The third-order valence-electron chi connectivity index (χ3n) is 4.40. The number of nitrogens with zero attached hydrogens (tertiary/aromatic N) is 1. The first-order valence-electron chi connectivity index (χ1n) is 8.12. The molecule has 0 radical (unpaired) electrons. The number of hydrogen-bond acceptors (Lipinski definition) is 2. The van der Waals surface area contributed by atoms with E-state index in [-0.39, 0.29) is 6.54 Å². The van der Waals surface area contributed by atoms with Gasteiger partial charge in [0.1, 0.15) is 0 Å². The number of hydrogen-bond donors (Lipinski definition) is 1. The van der Waals surface area contributed by atoms with Gasteiger partial charge in [-0.1, -0.05) is 51.9 Å². The first kappa shape index (κ1) is 16.5. The van der Waals surface area contributed by atoms with Crippen molar-refractivity contribution in [3.05, 3.63) is 0 Å². The van der Waals surface area contributed by atoms with Crippen molar-refractivity contribution in [2.75, 3.05) is 6.54 Å². The van der Waals surface area contributed by atoms with Gasteiger partial charge in [0.2, 0.25) is 0 Å². The molecule has 1 N–H and O–H groups in total. The summed E-state index contributed by atoms with van der Waals surface area (Å²) in [6, 6.07) is 0.933. The monoisotopic (exact) mass is 269 g/mol. The molecule has 0 aliphatic heterocycles. The highest BCUT2D eigenvalue weighted by Gasteiger charge is 2.27. The van der Waals surface area contributed by atoms with E-state index in [1.165, 1.54) is 57.8 Å². The van der Waals surface area contributed by atoms with E-state index in [1.807, 2.05) is 0 Å². The molecule has 0 heterocycles. The van der Waals surface area contributed by atoms with Gasteiger partial charge in [0, 0.05) is 12.1 Å². The summed E-state index contributed by atoms with van der Waals surface area (Å²) < 4.78 is 0. The largest absolute Gasteiger partial charge is 0.480 e. The summed E-state index contributed by atoms with van der Waals surface area (Å²) in [6.45, 7) is 4.67. The molecule has 1 unspecified atom stereocenters. The van der Waals surface area contributed by atoms with Crippen LogP contribution in [0, 0.1) is 0 Å². The number of carboxylic acid groups (broad SMARTS) is 1. The predicted octanol–water partition coefficient (Wildman–Crippen LogP) is 4.06. The van der Waals surface area contributed by atoms with E-state index in [4.69, 9.17) is 5.11 Å². The molecule has 19 heavy (non-hydrogen) atoms. The zero-order valence-corrected chi connectivity index (χ0v) is 12.7. The molecule has 1 aliphatic rings. The molecular formula is C16H31NO2. The molecule has 112 valence electrons. The molecule has 0 amide bonds. The fraction of sp³-hybridized carbons (Fsp3) is 0.938. The second kappa shape index (κ2) is 9.35. The van der Waals surface area contributed by atoms with Crippen molar-refractivity contribution in [2.45, 2.75) is 90.1 Å². The Morgan fingerprint density at radius 2 is 1.84 bits per heavy atom. The van der Waals surface area contributed by atoms with Crippen molar-refractivity contribution >= 4 is 5.97 Å². The number of carbonyl (C=O) groups is 1. The minimum Gasteiger partial charge on any atom is -0.480 e. The fourth-order valence-corrected chi connectivity index (χ4v) is 3.25. The Morgan fingerprint density at radius 1 is 1.21 bits per heavy atom. The van der Waals surface area contributed by atoms with Gasteiger partial charge in [-0.3, -0.25) is 9.69 Å². The average molecular weight is 269 g/mol. The van der Waals surface area contributed by atoms with Crippen LogP contribution in [-0.4, -0.2) is 34.6 Å². The standard InChI is InChI=1S/C16H31NO2/c1-3-4-5-6-7-10-14(2)17(13-16(18)19)15-11-8-9-12-15/h14-15H,3-13H2,1-2H3,(H,18,19). The van der Waals surface area contributed by atoms with Crippen LogP contribution in [0.25, 0.3) is 0 Å². The summed E-state index contributed by atoms with van der Waals surface area (Å²) in [6.07, 6.45) is 12.5. The SMILES string of the molecule is CCCCCCCC(C)N(CC(=O)O)C1CCCC1. The minimum absolute atomic E-state index is 0.223. The van der Waals surface area contributed by atoms with Gasteiger partial charge in [0.15, 0.2) is 0 Å². The Kier molecular flexibility index (Phi) is 8.11. The molecule has 1 fully saturated rings. The maximum absolute atomic E-state index is 11.0. The van der Waals surface area contributed by atoms with Crippen molar-refractivity contribution < 1.29 is 9.90 Å². The van der Waals surface area contributed by atoms with Crippen LogP contribution in [0.2, 0.25) is 0 Å². The molecule has 0 spiro atoms. The van der Waals surface area contributed by atoms with Crippen molar-refractivity contribution in [1.29, 1.82) is 0 Å². The Balaban J connectivity index is 2.33. The molecule has 3 nitrogen and oxygen atoms in total. The van der Waals surface area contributed by atoms with Crippen LogP contribution in [0.3, 0.4) is 0 Å². The summed E-state index contributed by atoms with van der Waals surface area (Å²) in [7, 11) is 0. The van der Waals surface area contributed by atoms with Crippen LogP contribution < -0.4 is 0 Å². The molecule has 0 bridgehead atoms. The van der Waals surface area contributed by atoms with Gasteiger partial charge < -0.3 is 5.11 Å². The quantitative estimate of drug-likeness (QED) is 0.608. The molecule has 0 aromatic carbocycles. The Morgan fingerprint density at radius 3 is 2.42 bits per heavy atom. The van der Waals surface area contributed by atoms with Gasteiger partial charge in [-0.2, -0.15) is 0 Å². The molecule has 0 aromatic heterocycles. The van der Waals surface area contributed by atoms with Crippen LogP contribution in [0.1, 0.15) is 78.1 Å². The zero-order valence-electron chi connectivity index (χ0n) is 12.7. The van der Waals surface area contributed by atoms with E-state index >= 15 is 0 Å². The van der Waals surface area contributed by atoms with E-state index in [2.05, 4.69) is 18.7 Å². The second-order valence-corrected chi connectivity index (χ2v) is 6.06. The number of rotatable bonds is 10. The van der Waals surface area contributed by atoms with Crippen molar-refractivity contribution in [3.63, 3.8) is 0 Å². The summed E-state index contributed by atoms with van der Waals surface area (Å²) in [4.78, 5) is 13.3. The molecule has 1 rings (SSSR count). The van der Waals surface area contributed by atoms with E-state index < -0.39 is 5.97 Å². The third kappa shape index (κ3) is 6.42. The van der Waals surface area contributed by atoms with Crippen molar-refractivity contribution in [1.82, 2.24) is 4.90 Å². The lowest BCUT2D eigenvalue weighted by atomic mass is 10.0. The van der Waals surface area contributed by atoms with Crippen LogP contribution in [0.15, 0.2) is 0 Å².